The maximum Gasteiger partial charge on any atom is 0.123 e. The van der Waals surface area contributed by atoms with Crippen LogP contribution in [0.25, 0.3) is 0 Å². The van der Waals surface area contributed by atoms with Crippen molar-refractivity contribution in [2.75, 3.05) is 26.9 Å². The van der Waals surface area contributed by atoms with Crippen LogP contribution in [-0.2, 0) is 11.3 Å². The summed E-state index contributed by atoms with van der Waals surface area (Å²) in [6, 6.07) is 5.99. The van der Waals surface area contributed by atoms with Gasteiger partial charge >= 0.3 is 0 Å². The fraction of sp³-hybridized carbons (Fsp3) is 0.429. The molecule has 0 spiro atoms. The van der Waals surface area contributed by atoms with Gasteiger partial charge < -0.3 is 14.8 Å². The fourth-order valence-electron chi connectivity index (χ4n) is 1.52. The van der Waals surface area contributed by atoms with Crippen LogP contribution in [0.5, 0.6) is 5.75 Å². The number of halogens is 1. The van der Waals surface area contributed by atoms with E-state index >= 15 is 0 Å². The standard InChI is InChI=1S/C14H20BrNO2/c1-3-4-8-18-9-7-16-11-12-10-13(15)5-6-14(12)17-2/h3,5-6,10,16H,1,4,7-9,11H2,2H3. The van der Waals surface area contributed by atoms with Gasteiger partial charge in [0.2, 0.25) is 0 Å². The molecular weight excluding hydrogens is 294 g/mol. The van der Waals surface area contributed by atoms with Crippen LogP contribution < -0.4 is 10.1 Å². The lowest BCUT2D eigenvalue weighted by Gasteiger charge is -2.10. The molecule has 1 rings (SSSR count). The molecule has 0 saturated carbocycles. The molecule has 100 valence electrons. The molecule has 0 amide bonds. The molecule has 3 nitrogen and oxygen atoms in total. The third kappa shape index (κ3) is 5.67. The Morgan fingerprint density at radius 1 is 1.39 bits per heavy atom. The minimum atomic E-state index is 0.712. The first-order chi connectivity index (χ1) is 8.77. The summed E-state index contributed by atoms with van der Waals surface area (Å²) in [5.74, 6) is 0.901. The molecule has 0 aromatic heterocycles. The summed E-state index contributed by atoms with van der Waals surface area (Å²) in [6.45, 7) is 6.70. The summed E-state index contributed by atoms with van der Waals surface area (Å²) in [5, 5.41) is 3.33. The van der Waals surface area contributed by atoms with Crippen LogP contribution in [0.4, 0.5) is 0 Å². The van der Waals surface area contributed by atoms with Gasteiger partial charge in [-0.15, -0.1) is 6.58 Å². The summed E-state index contributed by atoms with van der Waals surface area (Å²) < 4.78 is 11.8. The van der Waals surface area contributed by atoms with Gasteiger partial charge in [-0.25, -0.2) is 0 Å². The maximum absolute atomic E-state index is 5.42. The minimum Gasteiger partial charge on any atom is -0.496 e. The molecule has 0 aliphatic rings. The van der Waals surface area contributed by atoms with E-state index < -0.39 is 0 Å². The molecule has 0 saturated heterocycles. The van der Waals surface area contributed by atoms with Gasteiger partial charge in [0.05, 0.1) is 20.3 Å². The predicted octanol–water partition coefficient (Wildman–Crippen LogP) is 3.14. The zero-order valence-corrected chi connectivity index (χ0v) is 12.3. The highest BCUT2D eigenvalue weighted by Gasteiger charge is 2.02. The molecule has 1 aromatic carbocycles. The predicted molar refractivity (Wildman–Crippen MR) is 78.0 cm³/mol. The topological polar surface area (TPSA) is 30.5 Å². The van der Waals surface area contributed by atoms with Crippen LogP contribution in [0.3, 0.4) is 0 Å². The molecule has 0 heterocycles. The Morgan fingerprint density at radius 2 is 2.22 bits per heavy atom. The van der Waals surface area contributed by atoms with Crippen molar-refractivity contribution >= 4 is 15.9 Å². The van der Waals surface area contributed by atoms with Crippen LogP contribution in [0, 0.1) is 0 Å². The Labute approximate surface area is 117 Å². The number of hydrogen-bond donors (Lipinski definition) is 1. The summed E-state index contributed by atoms with van der Waals surface area (Å²) in [5.41, 5.74) is 1.14. The van der Waals surface area contributed by atoms with E-state index in [0.29, 0.717) is 6.61 Å². The van der Waals surface area contributed by atoms with Gasteiger partial charge in [0.15, 0.2) is 0 Å². The summed E-state index contributed by atoms with van der Waals surface area (Å²) in [6.07, 6.45) is 2.76. The van der Waals surface area contributed by atoms with Gasteiger partial charge in [0.25, 0.3) is 0 Å². The highest BCUT2D eigenvalue weighted by Crippen LogP contribution is 2.22. The second kappa shape index (κ2) is 9.14. The second-order valence-corrected chi connectivity index (χ2v) is 4.74. The zero-order valence-electron chi connectivity index (χ0n) is 10.7. The monoisotopic (exact) mass is 313 g/mol. The molecule has 0 atom stereocenters. The highest BCUT2D eigenvalue weighted by atomic mass is 79.9. The van der Waals surface area contributed by atoms with Crippen molar-refractivity contribution in [3.8, 4) is 5.75 Å². The van der Waals surface area contributed by atoms with Gasteiger partial charge in [0, 0.05) is 23.1 Å². The van der Waals surface area contributed by atoms with E-state index in [4.69, 9.17) is 9.47 Å². The van der Waals surface area contributed by atoms with Gasteiger partial charge in [-0.05, 0) is 24.6 Å². The lowest BCUT2D eigenvalue weighted by molar-refractivity contribution is 0.140. The molecule has 0 aliphatic carbocycles. The summed E-state index contributed by atoms with van der Waals surface area (Å²) in [4.78, 5) is 0. The first-order valence-corrected chi connectivity index (χ1v) is 6.79. The highest BCUT2D eigenvalue weighted by molar-refractivity contribution is 9.10. The normalized spacial score (nSPS) is 10.3. The number of nitrogens with one attached hydrogen (secondary N) is 1. The molecule has 4 heteroatoms. The average molecular weight is 314 g/mol. The van der Waals surface area contributed by atoms with Crippen molar-refractivity contribution in [2.24, 2.45) is 0 Å². The Bertz CT molecular complexity index is 369. The van der Waals surface area contributed by atoms with E-state index in [1.807, 2.05) is 18.2 Å². The Hall–Kier alpha value is -0.840. The molecule has 0 bridgehead atoms. The van der Waals surface area contributed by atoms with Gasteiger partial charge in [-0.1, -0.05) is 22.0 Å². The molecule has 1 aromatic rings. The van der Waals surface area contributed by atoms with E-state index in [1.54, 1.807) is 7.11 Å². The van der Waals surface area contributed by atoms with Crippen molar-refractivity contribution in [3.05, 3.63) is 40.9 Å². The minimum absolute atomic E-state index is 0.712. The third-order valence-corrected chi connectivity index (χ3v) is 2.94. The number of methoxy groups -OCH3 is 1. The van der Waals surface area contributed by atoms with Crippen LogP contribution in [0.2, 0.25) is 0 Å². The van der Waals surface area contributed by atoms with Crippen LogP contribution >= 0.6 is 15.9 Å². The Morgan fingerprint density at radius 3 is 2.94 bits per heavy atom. The smallest absolute Gasteiger partial charge is 0.123 e. The van der Waals surface area contributed by atoms with Crippen LogP contribution in [-0.4, -0.2) is 26.9 Å². The first kappa shape index (κ1) is 15.2. The van der Waals surface area contributed by atoms with E-state index in [0.717, 1.165) is 41.9 Å². The van der Waals surface area contributed by atoms with Crippen molar-refractivity contribution in [1.29, 1.82) is 0 Å². The fourth-order valence-corrected chi connectivity index (χ4v) is 1.93. The SMILES string of the molecule is C=CCCOCCNCc1cc(Br)ccc1OC. The largest absolute Gasteiger partial charge is 0.496 e. The lowest BCUT2D eigenvalue weighted by Crippen LogP contribution is -2.19. The Kier molecular flexibility index (Phi) is 7.73. The van der Waals surface area contributed by atoms with Gasteiger partial charge in [-0.2, -0.15) is 0 Å². The quantitative estimate of drug-likeness (QED) is 0.561. The molecule has 1 N–H and O–H groups in total. The lowest BCUT2D eigenvalue weighted by atomic mass is 10.2. The zero-order chi connectivity index (χ0) is 13.2. The van der Waals surface area contributed by atoms with E-state index in [-0.39, 0.29) is 0 Å². The van der Waals surface area contributed by atoms with Crippen molar-refractivity contribution in [3.63, 3.8) is 0 Å². The van der Waals surface area contributed by atoms with Gasteiger partial charge in [-0.3, -0.25) is 0 Å². The molecule has 0 fully saturated rings. The van der Waals surface area contributed by atoms with E-state index in [1.165, 1.54) is 0 Å². The molecule has 0 radical (unpaired) electrons. The summed E-state index contributed by atoms with van der Waals surface area (Å²) >= 11 is 3.46. The number of ether oxygens (including phenoxy) is 2. The molecule has 0 unspecified atom stereocenters. The number of hydrogen-bond acceptors (Lipinski definition) is 3. The third-order valence-electron chi connectivity index (χ3n) is 2.45. The second-order valence-electron chi connectivity index (χ2n) is 3.82. The maximum atomic E-state index is 5.42. The molecule has 18 heavy (non-hydrogen) atoms. The van der Waals surface area contributed by atoms with Gasteiger partial charge in [0.1, 0.15) is 5.75 Å². The Balaban J connectivity index is 2.26. The molecular formula is C14H20BrNO2. The van der Waals surface area contributed by atoms with Crippen molar-refractivity contribution in [2.45, 2.75) is 13.0 Å². The van der Waals surface area contributed by atoms with Crippen LogP contribution in [0.15, 0.2) is 35.3 Å². The van der Waals surface area contributed by atoms with Crippen molar-refractivity contribution in [1.82, 2.24) is 5.32 Å². The number of rotatable bonds is 9. The molecule has 0 aliphatic heterocycles. The van der Waals surface area contributed by atoms with E-state index in [9.17, 15) is 0 Å². The van der Waals surface area contributed by atoms with Crippen molar-refractivity contribution < 1.29 is 9.47 Å². The summed E-state index contributed by atoms with van der Waals surface area (Å²) in [7, 11) is 1.69. The first-order valence-electron chi connectivity index (χ1n) is 5.99. The number of benzene rings is 1. The average Bonchev–Trinajstić information content (AvgIpc) is 2.38. The van der Waals surface area contributed by atoms with E-state index in [2.05, 4.69) is 33.9 Å². The van der Waals surface area contributed by atoms with Crippen LogP contribution in [0.1, 0.15) is 12.0 Å².